The Morgan fingerprint density at radius 2 is 2.50 bits per heavy atom. The molecule has 1 saturated heterocycles. The zero-order valence-corrected chi connectivity index (χ0v) is 9.83. The summed E-state index contributed by atoms with van der Waals surface area (Å²) in [5.41, 5.74) is 5.90. The molecule has 16 heavy (non-hydrogen) atoms. The van der Waals surface area contributed by atoms with Gasteiger partial charge in [0.15, 0.2) is 0 Å². The minimum atomic E-state index is -0.140. The van der Waals surface area contributed by atoms with Crippen molar-refractivity contribution in [1.82, 2.24) is 10.0 Å². The Kier molecular flexibility index (Phi) is 3.87. The number of hydrogen-bond donors (Lipinski definition) is 1. The van der Waals surface area contributed by atoms with Crippen LogP contribution in [0, 0.1) is 0 Å². The monoisotopic (exact) mass is 241 g/mol. The number of nitrogens with two attached hydrogens (primary N) is 1. The highest BCUT2D eigenvalue weighted by Gasteiger charge is 2.21. The van der Waals surface area contributed by atoms with E-state index in [0.29, 0.717) is 25.4 Å². The maximum atomic E-state index is 11.9. The van der Waals surface area contributed by atoms with Gasteiger partial charge in [-0.25, -0.2) is 10.0 Å². The molecule has 0 unspecified atom stereocenters. The fourth-order valence-electron chi connectivity index (χ4n) is 1.53. The molecule has 88 valence electrons. The second kappa shape index (κ2) is 5.38. The first kappa shape index (κ1) is 11.5. The van der Waals surface area contributed by atoms with Gasteiger partial charge >= 0.3 is 0 Å². The van der Waals surface area contributed by atoms with Gasteiger partial charge in [-0.3, -0.25) is 9.63 Å². The first-order valence-corrected chi connectivity index (χ1v) is 6.28. The molecule has 0 radical (unpaired) electrons. The van der Waals surface area contributed by atoms with E-state index >= 15 is 0 Å². The van der Waals surface area contributed by atoms with Gasteiger partial charge in [0, 0.05) is 18.3 Å². The van der Waals surface area contributed by atoms with Crippen LogP contribution in [-0.2, 0) is 11.3 Å². The average Bonchev–Trinajstić information content (AvgIpc) is 2.78. The number of amides is 1. The lowest BCUT2D eigenvalue weighted by Gasteiger charge is -2.24. The van der Waals surface area contributed by atoms with Crippen molar-refractivity contribution in [2.45, 2.75) is 19.3 Å². The molecule has 2 rings (SSSR count). The van der Waals surface area contributed by atoms with Crippen LogP contribution in [-0.4, -0.2) is 35.7 Å². The molecule has 0 saturated carbocycles. The number of carbonyl (C=O) groups is 1. The zero-order valence-electron chi connectivity index (χ0n) is 9.02. The maximum absolute atomic E-state index is 11.9. The molecular formula is C10H15N3O2S. The van der Waals surface area contributed by atoms with Gasteiger partial charge < -0.3 is 5.73 Å². The molecule has 6 heteroatoms. The Hall–Kier alpha value is -0.980. The van der Waals surface area contributed by atoms with Crippen molar-refractivity contribution in [3.63, 3.8) is 0 Å². The Morgan fingerprint density at radius 1 is 1.62 bits per heavy atom. The van der Waals surface area contributed by atoms with Gasteiger partial charge in [-0.1, -0.05) is 0 Å². The second-order valence-electron chi connectivity index (χ2n) is 3.61. The zero-order chi connectivity index (χ0) is 11.4. The number of carbonyl (C=O) groups excluding carboxylic acids is 1. The topological polar surface area (TPSA) is 68.5 Å². The lowest BCUT2D eigenvalue weighted by molar-refractivity contribution is -0.144. The van der Waals surface area contributed by atoms with E-state index in [0.717, 1.165) is 24.3 Å². The summed E-state index contributed by atoms with van der Waals surface area (Å²) in [5, 5.41) is 4.08. The van der Waals surface area contributed by atoms with E-state index in [1.54, 1.807) is 5.38 Å². The quantitative estimate of drug-likeness (QED) is 0.850. The van der Waals surface area contributed by atoms with Crippen LogP contribution in [0.15, 0.2) is 5.38 Å². The molecule has 1 aromatic heterocycles. The van der Waals surface area contributed by atoms with Gasteiger partial charge in [-0.2, -0.15) is 0 Å². The Bertz CT molecular complexity index is 361. The molecule has 2 heterocycles. The molecule has 1 amide bonds. The number of hydrogen-bond acceptors (Lipinski definition) is 5. The van der Waals surface area contributed by atoms with Gasteiger partial charge in [-0.15, -0.1) is 11.3 Å². The van der Waals surface area contributed by atoms with E-state index < -0.39 is 0 Å². The van der Waals surface area contributed by atoms with Crippen molar-refractivity contribution in [3.05, 3.63) is 16.1 Å². The molecule has 5 nitrogen and oxygen atoms in total. The van der Waals surface area contributed by atoms with E-state index in [4.69, 9.17) is 10.6 Å². The van der Waals surface area contributed by atoms with Crippen LogP contribution >= 0.6 is 11.3 Å². The number of nitrogens with zero attached hydrogens (tertiary/aromatic N) is 2. The van der Waals surface area contributed by atoms with Crippen LogP contribution in [0.5, 0.6) is 0 Å². The molecule has 0 spiro atoms. The summed E-state index contributed by atoms with van der Waals surface area (Å²) in [6.07, 6.45) is 2.73. The molecule has 1 fully saturated rings. The molecule has 0 aliphatic carbocycles. The van der Waals surface area contributed by atoms with E-state index in [1.165, 1.54) is 16.4 Å². The average molecular weight is 241 g/mol. The van der Waals surface area contributed by atoms with E-state index in [9.17, 15) is 4.79 Å². The predicted octanol–water partition coefficient (Wildman–Crippen LogP) is 0.812. The highest BCUT2D eigenvalue weighted by molar-refractivity contribution is 7.09. The molecule has 2 N–H and O–H groups in total. The summed E-state index contributed by atoms with van der Waals surface area (Å²) in [6, 6.07) is 0. The summed E-state index contributed by atoms with van der Waals surface area (Å²) in [6.45, 7) is 1.83. The van der Waals surface area contributed by atoms with Gasteiger partial charge in [0.1, 0.15) is 5.69 Å². The summed E-state index contributed by atoms with van der Waals surface area (Å²) in [7, 11) is 0. The van der Waals surface area contributed by atoms with Crippen molar-refractivity contribution >= 4 is 17.2 Å². The lowest BCUT2D eigenvalue weighted by Crippen LogP contribution is -2.35. The third-order valence-electron chi connectivity index (χ3n) is 2.36. The largest absolute Gasteiger partial charge is 0.330 e. The fourth-order valence-corrected chi connectivity index (χ4v) is 2.32. The molecule has 0 aromatic carbocycles. The minimum Gasteiger partial charge on any atom is -0.330 e. The third-order valence-corrected chi connectivity index (χ3v) is 3.27. The Balaban J connectivity index is 2.01. The SMILES string of the molecule is NCCc1nc(C(=O)N2CCCCO2)cs1. The van der Waals surface area contributed by atoms with E-state index in [1.807, 2.05) is 0 Å². The minimum absolute atomic E-state index is 0.140. The van der Waals surface area contributed by atoms with Crippen LogP contribution in [0.2, 0.25) is 0 Å². The lowest BCUT2D eigenvalue weighted by atomic mass is 10.3. The van der Waals surface area contributed by atoms with Crippen LogP contribution in [0.1, 0.15) is 28.3 Å². The summed E-state index contributed by atoms with van der Waals surface area (Å²) in [4.78, 5) is 21.5. The van der Waals surface area contributed by atoms with Gasteiger partial charge in [0.05, 0.1) is 11.6 Å². The highest BCUT2D eigenvalue weighted by atomic mass is 32.1. The third kappa shape index (κ3) is 2.58. The predicted molar refractivity (Wildman–Crippen MR) is 61.1 cm³/mol. The molecule has 0 atom stereocenters. The highest BCUT2D eigenvalue weighted by Crippen LogP contribution is 2.14. The first-order chi connectivity index (χ1) is 7.81. The summed E-state index contributed by atoms with van der Waals surface area (Å²) < 4.78 is 0. The fraction of sp³-hybridized carbons (Fsp3) is 0.600. The number of aromatic nitrogens is 1. The van der Waals surface area contributed by atoms with Gasteiger partial charge in [0.25, 0.3) is 5.91 Å². The number of hydroxylamine groups is 2. The maximum Gasteiger partial charge on any atom is 0.296 e. The summed E-state index contributed by atoms with van der Waals surface area (Å²) >= 11 is 1.47. The van der Waals surface area contributed by atoms with Gasteiger partial charge in [0.2, 0.25) is 0 Å². The van der Waals surface area contributed by atoms with Crippen LogP contribution in [0.3, 0.4) is 0 Å². The van der Waals surface area contributed by atoms with E-state index in [-0.39, 0.29) is 5.91 Å². The van der Waals surface area contributed by atoms with Crippen molar-refractivity contribution in [3.8, 4) is 0 Å². The van der Waals surface area contributed by atoms with Crippen molar-refractivity contribution in [2.24, 2.45) is 5.73 Å². The van der Waals surface area contributed by atoms with Crippen molar-refractivity contribution in [2.75, 3.05) is 19.7 Å². The smallest absolute Gasteiger partial charge is 0.296 e. The van der Waals surface area contributed by atoms with Crippen molar-refractivity contribution in [1.29, 1.82) is 0 Å². The standard InChI is InChI=1S/C10H15N3O2S/c11-4-3-9-12-8(7-16-9)10(14)13-5-1-2-6-15-13/h7H,1-6,11H2. The second-order valence-corrected chi connectivity index (χ2v) is 4.56. The Morgan fingerprint density at radius 3 is 3.19 bits per heavy atom. The van der Waals surface area contributed by atoms with Crippen molar-refractivity contribution < 1.29 is 9.63 Å². The van der Waals surface area contributed by atoms with Gasteiger partial charge in [-0.05, 0) is 19.4 Å². The molecule has 1 aliphatic rings. The molecular weight excluding hydrogens is 226 g/mol. The first-order valence-electron chi connectivity index (χ1n) is 5.40. The molecule has 1 aromatic rings. The van der Waals surface area contributed by atoms with Crippen LogP contribution < -0.4 is 5.73 Å². The summed E-state index contributed by atoms with van der Waals surface area (Å²) in [5.74, 6) is -0.140. The number of thiazole rings is 1. The normalized spacial score (nSPS) is 16.4. The van der Waals surface area contributed by atoms with Crippen LogP contribution in [0.4, 0.5) is 0 Å². The number of rotatable bonds is 3. The molecule has 1 aliphatic heterocycles. The Labute approximate surface area is 98.2 Å². The van der Waals surface area contributed by atoms with Crippen LogP contribution in [0.25, 0.3) is 0 Å². The molecule has 0 bridgehead atoms. The van der Waals surface area contributed by atoms with E-state index in [2.05, 4.69) is 4.98 Å².